The summed E-state index contributed by atoms with van der Waals surface area (Å²) in [5, 5.41) is 2.21. The molecule has 1 N–H and O–H groups in total. The Balaban J connectivity index is 0.00000123. The van der Waals surface area contributed by atoms with E-state index in [1.165, 1.54) is 0 Å². The van der Waals surface area contributed by atoms with Crippen molar-refractivity contribution in [1.82, 2.24) is 10.1 Å². The number of piperidine rings is 1. The molecule has 134 valence electrons. The highest BCUT2D eigenvalue weighted by Crippen LogP contribution is 2.19. The number of rotatable bonds is 3. The van der Waals surface area contributed by atoms with E-state index in [4.69, 9.17) is 4.52 Å². The SMILES string of the molecule is C/C=C\C=C/c1c(C)on(C2CCC(=O)NC2=O)c1=O.CC.CC. The third kappa shape index (κ3) is 5.37. The lowest BCUT2D eigenvalue weighted by Gasteiger charge is -2.19. The maximum atomic E-state index is 12.2. The molecule has 1 aromatic heterocycles. The molecule has 0 radical (unpaired) electrons. The van der Waals surface area contributed by atoms with Crippen molar-refractivity contribution in [1.29, 1.82) is 0 Å². The predicted octanol–water partition coefficient (Wildman–Crippen LogP) is 3.37. The number of hydrogen-bond donors (Lipinski definition) is 1. The average Bonchev–Trinajstić information content (AvgIpc) is 2.87. The first-order valence-electron chi connectivity index (χ1n) is 8.40. The maximum Gasteiger partial charge on any atom is 0.290 e. The van der Waals surface area contributed by atoms with Gasteiger partial charge in [-0.2, -0.15) is 4.74 Å². The lowest BCUT2D eigenvalue weighted by molar-refractivity contribution is -0.137. The molecule has 1 saturated heterocycles. The minimum atomic E-state index is -0.761. The second-order valence-corrected chi connectivity index (χ2v) is 4.54. The summed E-state index contributed by atoms with van der Waals surface area (Å²) in [6, 6.07) is -0.761. The van der Waals surface area contributed by atoms with Gasteiger partial charge in [0.15, 0.2) is 0 Å². The minimum absolute atomic E-state index is 0.201. The van der Waals surface area contributed by atoms with Crippen LogP contribution in [0.5, 0.6) is 0 Å². The number of allylic oxidation sites excluding steroid dienone is 3. The number of hydrogen-bond acceptors (Lipinski definition) is 4. The molecule has 1 aliphatic heterocycles. The number of carbonyl (C=O) groups excluding carboxylic acids is 2. The van der Waals surface area contributed by atoms with Gasteiger partial charge in [-0.3, -0.25) is 19.7 Å². The molecule has 0 spiro atoms. The van der Waals surface area contributed by atoms with Gasteiger partial charge in [-0.05, 0) is 26.3 Å². The van der Waals surface area contributed by atoms with E-state index in [1.807, 2.05) is 40.7 Å². The molecular weight excluding hydrogens is 308 g/mol. The van der Waals surface area contributed by atoms with E-state index >= 15 is 0 Å². The lowest BCUT2D eigenvalue weighted by atomic mass is 10.1. The summed E-state index contributed by atoms with van der Waals surface area (Å²) in [4.78, 5) is 35.1. The van der Waals surface area contributed by atoms with Gasteiger partial charge in [0.25, 0.3) is 11.5 Å². The first-order valence-corrected chi connectivity index (χ1v) is 8.40. The molecule has 6 nitrogen and oxygen atoms in total. The fourth-order valence-corrected chi connectivity index (χ4v) is 2.07. The smallest absolute Gasteiger partial charge is 0.290 e. The maximum absolute atomic E-state index is 12.2. The van der Waals surface area contributed by atoms with Gasteiger partial charge in [-0.15, -0.1) is 0 Å². The molecule has 0 saturated carbocycles. The Kier molecular flexibility index (Phi) is 10.1. The molecule has 1 aliphatic rings. The average molecular weight is 336 g/mol. The molecule has 6 heteroatoms. The molecule has 1 fully saturated rings. The Morgan fingerprint density at radius 3 is 2.29 bits per heavy atom. The summed E-state index contributed by atoms with van der Waals surface area (Å²) >= 11 is 0. The van der Waals surface area contributed by atoms with Crippen molar-refractivity contribution < 1.29 is 14.1 Å². The van der Waals surface area contributed by atoms with Crippen LogP contribution in [0.15, 0.2) is 27.5 Å². The first-order chi connectivity index (χ1) is 11.5. The minimum Gasteiger partial charge on any atom is -0.380 e. The molecule has 2 heterocycles. The zero-order valence-electron chi connectivity index (χ0n) is 15.4. The number of nitrogens with one attached hydrogen (secondary N) is 1. The van der Waals surface area contributed by atoms with Crippen molar-refractivity contribution in [2.75, 3.05) is 0 Å². The molecule has 24 heavy (non-hydrogen) atoms. The van der Waals surface area contributed by atoms with Gasteiger partial charge in [0.2, 0.25) is 5.91 Å². The first kappa shape index (κ1) is 21.6. The highest BCUT2D eigenvalue weighted by molar-refractivity contribution is 5.99. The normalized spacial score (nSPS) is 17.2. The van der Waals surface area contributed by atoms with E-state index < -0.39 is 11.9 Å². The van der Waals surface area contributed by atoms with E-state index in [0.29, 0.717) is 11.3 Å². The Bertz CT molecular complexity index is 650. The van der Waals surface area contributed by atoms with Gasteiger partial charge < -0.3 is 4.52 Å². The van der Waals surface area contributed by atoms with Crippen LogP contribution in [0.2, 0.25) is 0 Å². The molecule has 1 aromatic rings. The monoisotopic (exact) mass is 336 g/mol. The summed E-state index contributed by atoms with van der Waals surface area (Å²) in [5.74, 6) is -0.377. The number of aromatic nitrogens is 1. The Labute approximate surface area is 143 Å². The molecule has 2 amide bonds. The fraction of sp³-hybridized carbons (Fsp3) is 0.500. The molecule has 0 bridgehead atoms. The topological polar surface area (TPSA) is 81.3 Å². The lowest BCUT2D eigenvalue weighted by Crippen LogP contribution is -2.43. The molecule has 1 atom stereocenters. The predicted molar refractivity (Wildman–Crippen MR) is 95.7 cm³/mol. The summed E-state index contributed by atoms with van der Waals surface area (Å²) in [5.41, 5.74) is 0.0468. The van der Waals surface area contributed by atoms with Crippen molar-refractivity contribution in [3.63, 3.8) is 0 Å². The molecule has 1 unspecified atom stereocenters. The van der Waals surface area contributed by atoms with Crippen LogP contribution in [-0.4, -0.2) is 16.6 Å². The third-order valence-corrected chi connectivity index (χ3v) is 3.10. The Hall–Kier alpha value is -2.37. The fourth-order valence-electron chi connectivity index (χ4n) is 2.07. The highest BCUT2D eigenvalue weighted by Gasteiger charge is 2.31. The van der Waals surface area contributed by atoms with Crippen molar-refractivity contribution in [2.45, 2.75) is 60.4 Å². The van der Waals surface area contributed by atoms with Gasteiger partial charge in [-0.25, -0.2) is 0 Å². The van der Waals surface area contributed by atoms with Crippen LogP contribution in [0.1, 0.15) is 64.8 Å². The van der Waals surface area contributed by atoms with Gasteiger partial charge >= 0.3 is 0 Å². The van der Waals surface area contributed by atoms with Crippen molar-refractivity contribution in [2.24, 2.45) is 0 Å². The molecule has 0 aromatic carbocycles. The van der Waals surface area contributed by atoms with Gasteiger partial charge in [0.05, 0.1) is 5.56 Å². The van der Waals surface area contributed by atoms with E-state index in [9.17, 15) is 14.4 Å². The van der Waals surface area contributed by atoms with E-state index in [2.05, 4.69) is 5.32 Å². The number of aryl methyl sites for hydroxylation is 1. The van der Waals surface area contributed by atoms with Crippen molar-refractivity contribution in [3.05, 3.63) is 39.9 Å². The number of nitrogens with zero attached hydrogens (tertiary/aromatic N) is 1. The number of carbonyl (C=O) groups is 2. The van der Waals surface area contributed by atoms with Crippen LogP contribution in [0, 0.1) is 6.92 Å². The second-order valence-electron chi connectivity index (χ2n) is 4.54. The second kappa shape index (κ2) is 11.2. The van der Waals surface area contributed by atoms with Crippen molar-refractivity contribution in [3.8, 4) is 0 Å². The van der Waals surface area contributed by atoms with Crippen LogP contribution < -0.4 is 10.9 Å². The Morgan fingerprint density at radius 1 is 1.12 bits per heavy atom. The van der Waals surface area contributed by atoms with Gasteiger partial charge in [0.1, 0.15) is 11.8 Å². The Morgan fingerprint density at radius 2 is 1.75 bits per heavy atom. The molecule has 2 rings (SSSR count). The summed E-state index contributed by atoms with van der Waals surface area (Å²) in [7, 11) is 0. The van der Waals surface area contributed by atoms with E-state index in [-0.39, 0.29) is 24.3 Å². The van der Waals surface area contributed by atoms with Crippen LogP contribution in [0.4, 0.5) is 0 Å². The number of amides is 2. The van der Waals surface area contributed by atoms with E-state index in [0.717, 1.165) is 4.74 Å². The van der Waals surface area contributed by atoms with Crippen molar-refractivity contribution >= 4 is 17.9 Å². The van der Waals surface area contributed by atoms with Crippen LogP contribution in [-0.2, 0) is 9.59 Å². The summed E-state index contributed by atoms with van der Waals surface area (Å²) in [6.45, 7) is 11.5. The highest BCUT2D eigenvalue weighted by atomic mass is 16.5. The number of imide groups is 1. The largest absolute Gasteiger partial charge is 0.380 e. The van der Waals surface area contributed by atoms with Gasteiger partial charge in [0, 0.05) is 6.42 Å². The zero-order valence-corrected chi connectivity index (χ0v) is 15.4. The van der Waals surface area contributed by atoms with Gasteiger partial charge in [-0.1, -0.05) is 45.9 Å². The standard InChI is InChI=1S/C14H16N2O4.2C2H6/c1-3-4-5-6-10-9(2)20-16(14(10)19)11-7-8-12(17)15-13(11)18;2*1-2/h3-6,11H,7-8H2,1-2H3,(H,15,17,18);2*1-2H3/b4-3-,6-5-;;. The summed E-state index contributed by atoms with van der Waals surface area (Å²) in [6.07, 6.45) is 7.48. The van der Waals surface area contributed by atoms with E-state index in [1.54, 1.807) is 25.2 Å². The summed E-state index contributed by atoms with van der Waals surface area (Å²) < 4.78 is 6.43. The molecule has 0 aliphatic carbocycles. The molecular formula is C18H28N2O4. The van der Waals surface area contributed by atoms with Crippen LogP contribution >= 0.6 is 0 Å². The third-order valence-electron chi connectivity index (χ3n) is 3.10. The van der Waals surface area contributed by atoms with Crippen LogP contribution in [0.25, 0.3) is 6.08 Å². The quantitative estimate of drug-likeness (QED) is 0.678. The zero-order chi connectivity index (χ0) is 18.7. The van der Waals surface area contributed by atoms with Crippen LogP contribution in [0.3, 0.4) is 0 Å².